The van der Waals surface area contributed by atoms with Gasteiger partial charge in [-0.15, -0.1) is 11.3 Å². The molecule has 1 aromatic rings. The first-order valence-electron chi connectivity index (χ1n) is 6.14. The Kier molecular flexibility index (Phi) is 4.51. The highest BCUT2D eigenvalue weighted by Crippen LogP contribution is 2.27. The zero-order chi connectivity index (χ0) is 13.7. The van der Waals surface area contributed by atoms with Crippen LogP contribution in [0.2, 0.25) is 0 Å². The van der Waals surface area contributed by atoms with Crippen LogP contribution in [0.4, 0.5) is 5.00 Å². The van der Waals surface area contributed by atoms with Gasteiger partial charge in [-0.2, -0.15) is 5.10 Å². The quantitative estimate of drug-likeness (QED) is 0.484. The van der Waals surface area contributed by atoms with Crippen molar-refractivity contribution < 1.29 is 9.59 Å². The first-order valence-corrected chi connectivity index (χ1v) is 6.96. The lowest BCUT2D eigenvalue weighted by atomic mass is 10.1. The van der Waals surface area contributed by atoms with Crippen LogP contribution in [0.3, 0.4) is 0 Å². The van der Waals surface area contributed by atoms with Crippen LogP contribution in [0.1, 0.15) is 24.1 Å². The molecule has 0 aliphatic carbocycles. The van der Waals surface area contributed by atoms with Crippen molar-refractivity contribution >= 4 is 34.4 Å². The van der Waals surface area contributed by atoms with Crippen molar-refractivity contribution in [3.8, 4) is 0 Å². The molecule has 2 rings (SSSR count). The number of nitrogens with one attached hydrogen (secondary N) is 1. The molecule has 102 valence electrons. The lowest BCUT2D eigenvalue weighted by Crippen LogP contribution is -2.32. The fourth-order valence-corrected chi connectivity index (χ4v) is 2.84. The number of nitrogens with two attached hydrogens (primary N) is 1. The second-order valence-electron chi connectivity index (χ2n) is 4.29. The Morgan fingerprint density at radius 3 is 2.74 bits per heavy atom. The summed E-state index contributed by atoms with van der Waals surface area (Å²) in [6.45, 7) is 2.19. The Bertz CT molecular complexity index is 492. The molecule has 3 N–H and O–H groups in total. The molecule has 7 heteroatoms. The van der Waals surface area contributed by atoms with Gasteiger partial charge in [0, 0.05) is 18.0 Å². The summed E-state index contributed by atoms with van der Waals surface area (Å²) in [6.07, 6.45) is 5.28. The molecule has 1 aliphatic heterocycles. The summed E-state index contributed by atoms with van der Waals surface area (Å²) in [5.74, 6) is -1.96. The predicted octanol–water partition coefficient (Wildman–Crippen LogP) is 0.674. The van der Waals surface area contributed by atoms with Gasteiger partial charge in [0.05, 0.1) is 11.2 Å². The number of primary amides is 1. The van der Waals surface area contributed by atoms with Crippen LogP contribution < -0.4 is 16.1 Å². The number of rotatable bonds is 3. The van der Waals surface area contributed by atoms with Gasteiger partial charge in [-0.05, 0) is 31.4 Å². The van der Waals surface area contributed by atoms with E-state index < -0.39 is 11.8 Å². The van der Waals surface area contributed by atoms with Crippen LogP contribution in [0.25, 0.3) is 0 Å². The number of anilines is 1. The maximum absolute atomic E-state index is 10.9. The van der Waals surface area contributed by atoms with E-state index in [1.165, 1.54) is 30.5 Å². The monoisotopic (exact) mass is 280 g/mol. The van der Waals surface area contributed by atoms with Crippen LogP contribution in [0, 0.1) is 0 Å². The maximum Gasteiger partial charge on any atom is 0.329 e. The smallest absolute Gasteiger partial charge is 0.329 e. The van der Waals surface area contributed by atoms with Gasteiger partial charge in [0.25, 0.3) is 0 Å². The van der Waals surface area contributed by atoms with Gasteiger partial charge in [0.1, 0.15) is 0 Å². The fraction of sp³-hybridized carbons (Fsp3) is 0.417. The molecular weight excluding hydrogens is 264 g/mol. The van der Waals surface area contributed by atoms with Crippen LogP contribution in [-0.4, -0.2) is 31.1 Å². The molecular formula is C12H16N4O2S. The zero-order valence-corrected chi connectivity index (χ0v) is 11.3. The second kappa shape index (κ2) is 6.33. The number of carbonyl (C=O) groups is 2. The first-order chi connectivity index (χ1) is 9.16. The van der Waals surface area contributed by atoms with Crippen molar-refractivity contribution in [1.29, 1.82) is 0 Å². The van der Waals surface area contributed by atoms with Crippen molar-refractivity contribution in [2.45, 2.75) is 19.3 Å². The summed E-state index contributed by atoms with van der Waals surface area (Å²) < 4.78 is 0. The Balaban J connectivity index is 1.91. The van der Waals surface area contributed by atoms with Crippen molar-refractivity contribution in [1.82, 2.24) is 5.43 Å². The number of hydrogen-bond acceptors (Lipinski definition) is 5. The summed E-state index contributed by atoms with van der Waals surface area (Å²) in [6, 6.07) is 3.99. The largest absolute Gasteiger partial charge is 0.363 e. The van der Waals surface area contributed by atoms with E-state index in [4.69, 9.17) is 5.73 Å². The van der Waals surface area contributed by atoms with Crippen LogP contribution in [-0.2, 0) is 9.59 Å². The summed E-state index contributed by atoms with van der Waals surface area (Å²) >= 11 is 1.61. The Morgan fingerprint density at radius 1 is 1.32 bits per heavy atom. The van der Waals surface area contributed by atoms with Crippen molar-refractivity contribution in [3.63, 3.8) is 0 Å². The molecule has 0 saturated carbocycles. The third-order valence-corrected chi connectivity index (χ3v) is 3.94. The molecule has 0 spiro atoms. The van der Waals surface area contributed by atoms with Crippen molar-refractivity contribution in [3.05, 3.63) is 17.0 Å². The molecule has 1 aliphatic rings. The summed E-state index contributed by atoms with van der Waals surface area (Å²) in [4.78, 5) is 24.6. The van der Waals surface area contributed by atoms with Crippen molar-refractivity contribution in [2.75, 3.05) is 18.0 Å². The standard InChI is InChI=1S/C12H16N4O2S/c13-11(17)12(18)15-14-8-9-4-5-10(19-9)16-6-2-1-3-7-16/h4-5,8H,1-3,6-7H2,(H2,13,17)(H,15,18)/b14-8-. The summed E-state index contributed by atoms with van der Waals surface area (Å²) in [7, 11) is 0. The highest BCUT2D eigenvalue weighted by atomic mass is 32.1. The van der Waals surface area contributed by atoms with Gasteiger partial charge in [0.15, 0.2) is 0 Å². The fourth-order valence-electron chi connectivity index (χ4n) is 1.91. The third-order valence-electron chi connectivity index (χ3n) is 2.86. The van der Waals surface area contributed by atoms with Gasteiger partial charge < -0.3 is 10.6 Å². The Labute approximate surface area is 115 Å². The average molecular weight is 280 g/mol. The number of hydrazone groups is 1. The van der Waals surface area contributed by atoms with Gasteiger partial charge >= 0.3 is 11.8 Å². The molecule has 1 fully saturated rings. The minimum absolute atomic E-state index is 0.913. The van der Waals surface area contributed by atoms with E-state index in [1.807, 2.05) is 12.1 Å². The molecule has 0 radical (unpaired) electrons. The van der Waals surface area contributed by atoms with Gasteiger partial charge in [0.2, 0.25) is 0 Å². The van der Waals surface area contributed by atoms with Crippen LogP contribution in [0.5, 0.6) is 0 Å². The number of amides is 2. The molecule has 0 aromatic carbocycles. The molecule has 1 aromatic heterocycles. The maximum atomic E-state index is 10.9. The van der Waals surface area contributed by atoms with Gasteiger partial charge in [-0.1, -0.05) is 0 Å². The molecule has 2 amide bonds. The minimum atomic E-state index is -1.04. The third kappa shape index (κ3) is 3.78. The SMILES string of the molecule is NC(=O)C(=O)N/N=C\c1ccc(N2CCCCC2)s1. The molecule has 19 heavy (non-hydrogen) atoms. The van der Waals surface area contributed by atoms with E-state index in [1.54, 1.807) is 11.3 Å². The molecule has 0 atom stereocenters. The van der Waals surface area contributed by atoms with E-state index in [-0.39, 0.29) is 0 Å². The number of piperidine rings is 1. The summed E-state index contributed by atoms with van der Waals surface area (Å²) in [5.41, 5.74) is 6.86. The van der Waals surface area contributed by atoms with Gasteiger partial charge in [-0.25, -0.2) is 5.43 Å². The number of thiophene rings is 1. The Morgan fingerprint density at radius 2 is 2.05 bits per heavy atom. The number of carbonyl (C=O) groups excluding carboxylic acids is 2. The van der Waals surface area contributed by atoms with E-state index in [2.05, 4.69) is 15.4 Å². The lowest BCUT2D eigenvalue weighted by Gasteiger charge is -2.27. The second-order valence-corrected chi connectivity index (χ2v) is 5.38. The first kappa shape index (κ1) is 13.5. The normalized spacial score (nSPS) is 15.7. The lowest BCUT2D eigenvalue weighted by molar-refractivity contribution is -0.137. The summed E-state index contributed by atoms with van der Waals surface area (Å²) in [5, 5.41) is 4.90. The predicted molar refractivity (Wildman–Crippen MR) is 75.3 cm³/mol. The topological polar surface area (TPSA) is 87.8 Å². The molecule has 0 bridgehead atoms. The van der Waals surface area contributed by atoms with E-state index >= 15 is 0 Å². The molecule has 6 nitrogen and oxygen atoms in total. The molecule has 1 saturated heterocycles. The van der Waals surface area contributed by atoms with E-state index in [0.29, 0.717) is 0 Å². The zero-order valence-electron chi connectivity index (χ0n) is 10.5. The van der Waals surface area contributed by atoms with Crippen LogP contribution >= 0.6 is 11.3 Å². The van der Waals surface area contributed by atoms with Gasteiger partial charge in [-0.3, -0.25) is 9.59 Å². The highest BCUT2D eigenvalue weighted by Gasteiger charge is 2.12. The molecule has 2 heterocycles. The average Bonchev–Trinajstić information content (AvgIpc) is 2.88. The van der Waals surface area contributed by atoms with Crippen LogP contribution in [0.15, 0.2) is 17.2 Å². The highest BCUT2D eigenvalue weighted by molar-refractivity contribution is 7.17. The van der Waals surface area contributed by atoms with E-state index in [0.717, 1.165) is 18.0 Å². The number of nitrogens with zero attached hydrogens (tertiary/aromatic N) is 2. The Hall–Kier alpha value is -1.89. The van der Waals surface area contributed by atoms with E-state index in [9.17, 15) is 9.59 Å². The number of hydrogen-bond donors (Lipinski definition) is 2. The molecule has 0 unspecified atom stereocenters. The van der Waals surface area contributed by atoms with Crippen molar-refractivity contribution in [2.24, 2.45) is 10.8 Å². The minimum Gasteiger partial charge on any atom is -0.363 e.